The lowest BCUT2D eigenvalue weighted by molar-refractivity contribution is -0.128. The van der Waals surface area contributed by atoms with Gasteiger partial charge in [-0.15, -0.1) is 0 Å². The smallest absolute Gasteiger partial charge is 0.139 e. The molecule has 4 heteroatoms. The summed E-state index contributed by atoms with van der Waals surface area (Å²) in [6.07, 6.45) is 1.62. The summed E-state index contributed by atoms with van der Waals surface area (Å²) in [5.74, 6) is 1.39. The van der Waals surface area contributed by atoms with E-state index in [1.54, 1.807) is 0 Å². The SMILES string of the molecule is Cc1nn(-c2ccccc2)c2c1C(c1ccccc1)C1C(=O)CC(C)(C)CC1N2. The lowest BCUT2D eigenvalue weighted by Crippen LogP contribution is -2.50. The summed E-state index contributed by atoms with van der Waals surface area (Å²) in [4.78, 5) is 13.4. The van der Waals surface area contributed by atoms with Gasteiger partial charge in [0.05, 0.1) is 11.4 Å². The molecule has 1 saturated carbocycles. The van der Waals surface area contributed by atoms with Gasteiger partial charge in [0.2, 0.25) is 0 Å². The normalized spacial score (nSPS) is 25.1. The van der Waals surface area contributed by atoms with Crippen molar-refractivity contribution < 1.29 is 4.79 Å². The number of fused-ring (bicyclic) bond motifs is 2. The molecule has 3 atom stereocenters. The van der Waals surface area contributed by atoms with Gasteiger partial charge in [-0.1, -0.05) is 62.4 Å². The summed E-state index contributed by atoms with van der Waals surface area (Å²) >= 11 is 0. The molecule has 1 N–H and O–H groups in total. The zero-order valence-corrected chi connectivity index (χ0v) is 17.2. The minimum atomic E-state index is -0.0509. The van der Waals surface area contributed by atoms with Gasteiger partial charge in [0, 0.05) is 29.9 Å². The molecule has 0 amide bonds. The number of hydrogen-bond donors (Lipinski definition) is 1. The number of aromatic nitrogens is 2. The van der Waals surface area contributed by atoms with Crippen molar-refractivity contribution in [2.75, 3.05) is 5.32 Å². The van der Waals surface area contributed by atoms with E-state index in [-0.39, 0.29) is 23.3 Å². The second-order valence-corrected chi connectivity index (χ2v) is 9.27. The lowest BCUT2D eigenvalue weighted by atomic mass is 9.62. The fourth-order valence-corrected chi connectivity index (χ4v) is 5.36. The molecular formula is C25H27N3O. The summed E-state index contributed by atoms with van der Waals surface area (Å²) in [5.41, 5.74) is 4.40. The Morgan fingerprint density at radius 1 is 1.03 bits per heavy atom. The maximum atomic E-state index is 13.4. The summed E-state index contributed by atoms with van der Waals surface area (Å²) in [7, 11) is 0. The monoisotopic (exact) mass is 385 g/mol. The molecule has 1 fully saturated rings. The van der Waals surface area contributed by atoms with Crippen LogP contribution in [-0.2, 0) is 4.79 Å². The molecular weight excluding hydrogens is 358 g/mol. The van der Waals surface area contributed by atoms with E-state index >= 15 is 0 Å². The van der Waals surface area contributed by atoms with Gasteiger partial charge in [0.25, 0.3) is 0 Å². The van der Waals surface area contributed by atoms with E-state index in [1.807, 2.05) is 28.9 Å². The largest absolute Gasteiger partial charge is 0.366 e. The Morgan fingerprint density at radius 2 is 1.69 bits per heavy atom. The molecule has 3 aromatic rings. The Bertz CT molecular complexity index is 1050. The van der Waals surface area contributed by atoms with Crippen LogP contribution in [0.4, 0.5) is 5.82 Å². The second kappa shape index (κ2) is 6.58. The molecule has 1 aliphatic carbocycles. The van der Waals surface area contributed by atoms with E-state index < -0.39 is 0 Å². The van der Waals surface area contributed by atoms with E-state index in [1.165, 1.54) is 5.56 Å². The molecule has 2 aliphatic rings. The number of Topliss-reactive ketones (excluding diaryl/α,β-unsaturated/α-hetero) is 1. The van der Waals surface area contributed by atoms with Crippen LogP contribution in [0.1, 0.15) is 49.4 Å². The molecule has 3 unspecified atom stereocenters. The number of benzene rings is 2. The van der Waals surface area contributed by atoms with Crippen LogP contribution in [0.3, 0.4) is 0 Å². The van der Waals surface area contributed by atoms with Crippen molar-refractivity contribution in [3.63, 3.8) is 0 Å². The highest BCUT2D eigenvalue weighted by Crippen LogP contribution is 2.51. The third-order valence-corrected chi connectivity index (χ3v) is 6.49. The van der Waals surface area contributed by atoms with E-state index in [0.29, 0.717) is 12.2 Å². The van der Waals surface area contributed by atoms with Gasteiger partial charge in [-0.05, 0) is 36.5 Å². The van der Waals surface area contributed by atoms with E-state index in [4.69, 9.17) is 5.10 Å². The fourth-order valence-electron chi connectivity index (χ4n) is 5.36. The Hall–Kier alpha value is -2.88. The van der Waals surface area contributed by atoms with Gasteiger partial charge in [0.15, 0.2) is 0 Å². The van der Waals surface area contributed by atoms with Gasteiger partial charge in [-0.2, -0.15) is 5.10 Å². The number of anilines is 1. The molecule has 2 aromatic carbocycles. The van der Waals surface area contributed by atoms with Crippen LogP contribution in [0.25, 0.3) is 5.69 Å². The first-order valence-electron chi connectivity index (χ1n) is 10.4. The van der Waals surface area contributed by atoms with Crippen LogP contribution in [0.2, 0.25) is 0 Å². The Labute approximate surface area is 172 Å². The molecule has 1 aliphatic heterocycles. The average molecular weight is 386 g/mol. The number of ketones is 1. The van der Waals surface area contributed by atoms with Crippen LogP contribution >= 0.6 is 0 Å². The maximum Gasteiger partial charge on any atom is 0.139 e. The van der Waals surface area contributed by atoms with Gasteiger partial charge >= 0.3 is 0 Å². The van der Waals surface area contributed by atoms with Crippen molar-refractivity contribution in [2.45, 2.75) is 45.6 Å². The number of carbonyl (C=O) groups is 1. The van der Waals surface area contributed by atoms with Crippen LogP contribution in [0.5, 0.6) is 0 Å². The highest BCUT2D eigenvalue weighted by atomic mass is 16.1. The number of carbonyl (C=O) groups excluding carboxylic acids is 1. The topological polar surface area (TPSA) is 46.9 Å². The van der Waals surface area contributed by atoms with Crippen molar-refractivity contribution in [1.82, 2.24) is 9.78 Å². The minimum absolute atomic E-state index is 0.0105. The third kappa shape index (κ3) is 2.98. The molecule has 0 saturated heterocycles. The maximum absolute atomic E-state index is 13.4. The zero-order chi connectivity index (χ0) is 20.2. The highest BCUT2D eigenvalue weighted by Gasteiger charge is 2.49. The zero-order valence-electron chi connectivity index (χ0n) is 17.2. The lowest BCUT2D eigenvalue weighted by Gasteiger charge is -2.46. The number of nitrogens with zero attached hydrogens (tertiary/aromatic N) is 2. The molecule has 5 rings (SSSR count). The van der Waals surface area contributed by atoms with Crippen LogP contribution in [0.15, 0.2) is 60.7 Å². The molecule has 29 heavy (non-hydrogen) atoms. The molecule has 0 spiro atoms. The van der Waals surface area contributed by atoms with E-state index in [2.05, 4.69) is 62.5 Å². The van der Waals surface area contributed by atoms with Gasteiger partial charge in [-0.3, -0.25) is 4.79 Å². The predicted octanol–water partition coefficient (Wildman–Crippen LogP) is 5.11. The van der Waals surface area contributed by atoms with Crippen LogP contribution in [0, 0.1) is 18.3 Å². The Kier molecular flexibility index (Phi) is 4.12. The first kappa shape index (κ1) is 18.2. The minimum Gasteiger partial charge on any atom is -0.366 e. The standard InChI is InChI=1S/C25H27N3O/c1-16-21-22(17-10-6-4-7-11-17)23-19(14-25(2,3)15-20(23)29)26-24(21)28(27-16)18-12-8-5-9-13-18/h4-13,19,22-23,26H,14-15H2,1-3H3. The fraction of sp³-hybridized carbons (Fsp3) is 0.360. The summed E-state index contributed by atoms with van der Waals surface area (Å²) in [5, 5.41) is 8.65. The molecule has 0 bridgehead atoms. The van der Waals surface area contributed by atoms with Gasteiger partial charge in [-0.25, -0.2) is 4.68 Å². The predicted molar refractivity (Wildman–Crippen MR) is 116 cm³/mol. The quantitative estimate of drug-likeness (QED) is 0.667. The van der Waals surface area contributed by atoms with Gasteiger partial charge < -0.3 is 5.32 Å². The molecule has 1 aromatic heterocycles. The van der Waals surface area contributed by atoms with E-state index in [0.717, 1.165) is 29.2 Å². The number of aryl methyl sites for hydroxylation is 1. The molecule has 0 radical (unpaired) electrons. The van der Waals surface area contributed by atoms with Crippen LogP contribution in [-0.4, -0.2) is 21.6 Å². The summed E-state index contributed by atoms with van der Waals surface area (Å²) in [6, 6.07) is 20.8. The molecule has 148 valence electrons. The van der Waals surface area contributed by atoms with Crippen molar-refractivity contribution in [2.24, 2.45) is 11.3 Å². The molecule has 2 heterocycles. The first-order chi connectivity index (χ1) is 13.9. The summed E-state index contributed by atoms with van der Waals surface area (Å²) in [6.45, 7) is 6.47. The highest BCUT2D eigenvalue weighted by molar-refractivity contribution is 5.87. The summed E-state index contributed by atoms with van der Waals surface area (Å²) < 4.78 is 2.02. The number of hydrogen-bond acceptors (Lipinski definition) is 3. The Balaban J connectivity index is 1.72. The number of rotatable bonds is 2. The second-order valence-electron chi connectivity index (χ2n) is 9.27. The van der Waals surface area contributed by atoms with Crippen molar-refractivity contribution >= 4 is 11.6 Å². The third-order valence-electron chi connectivity index (χ3n) is 6.49. The van der Waals surface area contributed by atoms with Gasteiger partial charge in [0.1, 0.15) is 11.6 Å². The van der Waals surface area contributed by atoms with E-state index in [9.17, 15) is 4.79 Å². The van der Waals surface area contributed by atoms with Crippen molar-refractivity contribution in [3.05, 3.63) is 77.5 Å². The number of nitrogens with one attached hydrogen (secondary N) is 1. The van der Waals surface area contributed by atoms with Crippen molar-refractivity contribution in [1.29, 1.82) is 0 Å². The van der Waals surface area contributed by atoms with Crippen molar-refractivity contribution in [3.8, 4) is 5.69 Å². The average Bonchev–Trinajstić information content (AvgIpc) is 3.03. The molecule has 4 nitrogen and oxygen atoms in total. The number of para-hydroxylation sites is 1. The first-order valence-corrected chi connectivity index (χ1v) is 10.4. The van der Waals surface area contributed by atoms with Crippen LogP contribution < -0.4 is 5.32 Å². The Morgan fingerprint density at radius 3 is 2.38 bits per heavy atom.